The molecule has 10 rings (SSSR count). The Hall–Kier alpha value is -5.80. The number of hydrogen-bond donors (Lipinski definition) is 2. The van der Waals surface area contributed by atoms with Gasteiger partial charge in [0, 0.05) is 133 Å². The van der Waals surface area contributed by atoms with E-state index >= 15 is 0 Å². The molecule has 0 atom stereocenters. The first-order valence-electron chi connectivity index (χ1n) is 27.4. The molecule has 0 spiro atoms. The van der Waals surface area contributed by atoms with E-state index < -0.39 is 59.9 Å². The smallest absolute Gasteiger partial charge is 0.363 e. The lowest BCUT2D eigenvalue weighted by Crippen LogP contribution is -2.21. The molecule has 0 bridgehead atoms. The zero-order valence-electron chi connectivity index (χ0n) is 46.8. The van der Waals surface area contributed by atoms with Gasteiger partial charge in [-0.3, -0.25) is 9.11 Å². The van der Waals surface area contributed by atoms with Crippen molar-refractivity contribution in [3.8, 4) is 22.3 Å². The molecule has 2 fully saturated rings. The van der Waals surface area contributed by atoms with E-state index in [9.17, 15) is 42.8 Å². The third-order valence-electron chi connectivity index (χ3n) is 15.3. The third-order valence-corrected chi connectivity index (χ3v) is 24.1. The lowest BCUT2D eigenvalue weighted by atomic mass is 9.96. The van der Waals surface area contributed by atoms with Gasteiger partial charge in [0.25, 0.3) is 20.2 Å². The molecule has 0 saturated carbocycles. The summed E-state index contributed by atoms with van der Waals surface area (Å²) in [7, 11) is -19.1. The fraction of sp³-hybridized carbons (Fsp3) is 0.345. The van der Waals surface area contributed by atoms with Gasteiger partial charge in [0.2, 0.25) is 20.0 Å². The van der Waals surface area contributed by atoms with E-state index in [2.05, 4.69) is 19.6 Å². The van der Waals surface area contributed by atoms with Gasteiger partial charge < -0.3 is 19.6 Å². The van der Waals surface area contributed by atoms with Crippen molar-refractivity contribution in [2.75, 3.05) is 98.1 Å². The highest BCUT2D eigenvalue weighted by molar-refractivity contribution is 8.76. The molecule has 6 aromatic carbocycles. The van der Waals surface area contributed by atoms with E-state index in [1.165, 1.54) is 24.3 Å². The molecule has 2 aliphatic rings. The molecule has 8 aromatic rings. The molecule has 2 saturated heterocycles. The highest BCUT2D eigenvalue weighted by Crippen LogP contribution is 2.53. The highest BCUT2D eigenvalue weighted by Gasteiger charge is 2.44. The fourth-order valence-corrected chi connectivity index (χ4v) is 20.3. The van der Waals surface area contributed by atoms with E-state index in [4.69, 9.17) is 8.83 Å². The molecular formula is C58H66N6O12S6+2. The molecule has 0 radical (unpaired) electrons. The Morgan fingerprint density at radius 2 is 0.646 bits per heavy atom. The number of nitrogens with zero attached hydrogens (tertiary/aromatic N) is 6. The zero-order valence-corrected chi connectivity index (χ0v) is 51.7. The average molecular weight is 1230 g/mol. The summed E-state index contributed by atoms with van der Waals surface area (Å²) in [6.07, 6.45) is 0. The van der Waals surface area contributed by atoms with Crippen molar-refractivity contribution in [3.05, 3.63) is 97.1 Å². The van der Waals surface area contributed by atoms with Gasteiger partial charge in [0.05, 0.1) is 45.8 Å². The summed E-state index contributed by atoms with van der Waals surface area (Å²) in [4.78, 5) is 4.71. The van der Waals surface area contributed by atoms with Gasteiger partial charge in [-0.15, -0.1) is 0 Å². The fourth-order valence-electron chi connectivity index (χ4n) is 11.0. The van der Waals surface area contributed by atoms with Crippen LogP contribution in [0.3, 0.4) is 0 Å². The van der Waals surface area contributed by atoms with Crippen LogP contribution < -0.4 is 19.6 Å². The number of rotatable bonds is 23. The van der Waals surface area contributed by atoms with Crippen molar-refractivity contribution in [1.29, 1.82) is 0 Å². The Morgan fingerprint density at radius 1 is 0.390 bits per heavy atom. The van der Waals surface area contributed by atoms with Crippen molar-refractivity contribution in [3.63, 3.8) is 0 Å². The molecule has 24 heteroatoms. The zero-order chi connectivity index (χ0) is 58.8. The van der Waals surface area contributed by atoms with Crippen LogP contribution in [0.15, 0.2) is 135 Å². The van der Waals surface area contributed by atoms with Gasteiger partial charge >= 0.3 is 22.3 Å². The quantitative estimate of drug-likeness (QED) is 0.0200. The van der Waals surface area contributed by atoms with Crippen LogP contribution in [0, 0.1) is 0 Å². The second kappa shape index (κ2) is 23.0. The second-order valence-corrected chi connectivity index (χ2v) is 28.5. The van der Waals surface area contributed by atoms with E-state index in [1.807, 2.05) is 104 Å². The minimum Gasteiger partial charge on any atom is -0.372 e. The molecule has 4 heterocycles. The molecule has 82 heavy (non-hydrogen) atoms. The molecule has 2 aliphatic heterocycles. The first-order chi connectivity index (χ1) is 39.1. The first-order valence-corrected chi connectivity index (χ1v) is 35.3. The Bertz CT molecular complexity index is 3900. The van der Waals surface area contributed by atoms with E-state index in [1.54, 1.807) is 24.3 Å². The molecular weight excluding hydrogens is 1170 g/mol. The lowest BCUT2D eigenvalue weighted by molar-refractivity contribution is 0.477. The van der Waals surface area contributed by atoms with Crippen LogP contribution in [-0.4, -0.2) is 130 Å². The minimum atomic E-state index is -5.46. The van der Waals surface area contributed by atoms with Crippen molar-refractivity contribution in [2.24, 2.45) is 0 Å². The monoisotopic (exact) mass is 1230 g/mol. The molecule has 18 nitrogen and oxygen atoms in total. The number of benzene rings is 6. The molecule has 2 N–H and O–H groups in total. The van der Waals surface area contributed by atoms with Crippen molar-refractivity contribution in [2.45, 2.75) is 84.8 Å². The summed E-state index contributed by atoms with van der Waals surface area (Å²) < 4.78 is 155. The van der Waals surface area contributed by atoms with Crippen molar-refractivity contribution >= 4 is 128 Å². The predicted molar refractivity (Wildman–Crippen MR) is 330 cm³/mol. The Morgan fingerprint density at radius 3 is 0.866 bits per heavy atom. The molecule has 0 aliphatic carbocycles. The summed E-state index contributed by atoms with van der Waals surface area (Å²) in [5.41, 5.74) is 5.05. The van der Waals surface area contributed by atoms with E-state index in [0.717, 1.165) is 31.4 Å². The van der Waals surface area contributed by atoms with Crippen LogP contribution >= 0.6 is 21.6 Å². The van der Waals surface area contributed by atoms with Gasteiger partial charge in [-0.1, -0.05) is 33.7 Å². The normalized spacial score (nSPS) is 14.3. The topological polar surface area (TPSA) is 219 Å². The lowest BCUT2D eigenvalue weighted by Gasteiger charge is -2.22. The Balaban J connectivity index is 1.21. The van der Waals surface area contributed by atoms with Gasteiger partial charge in [0.1, 0.15) is 19.6 Å². The maximum absolute atomic E-state index is 15.0. The summed E-state index contributed by atoms with van der Waals surface area (Å²) >= 11 is 0. The van der Waals surface area contributed by atoms with Crippen LogP contribution in [0.5, 0.6) is 0 Å². The molecule has 0 amide bonds. The largest absolute Gasteiger partial charge is 0.372 e. The average Bonchev–Trinajstić information content (AvgIpc) is 3.93. The van der Waals surface area contributed by atoms with Crippen LogP contribution in [-0.2, 0) is 40.3 Å². The van der Waals surface area contributed by atoms with Gasteiger partial charge in [-0.2, -0.15) is 25.4 Å². The summed E-state index contributed by atoms with van der Waals surface area (Å²) in [5, 5.41) is 1.71. The van der Waals surface area contributed by atoms with Crippen LogP contribution in [0.2, 0.25) is 0 Å². The maximum atomic E-state index is 15.0. The van der Waals surface area contributed by atoms with Gasteiger partial charge in [-0.25, -0.2) is 25.7 Å². The molecule has 0 unspecified atom stereocenters. The minimum absolute atomic E-state index is 0.0498. The Kier molecular flexibility index (Phi) is 16.6. The number of hydrogen-bond acceptors (Lipinski definition) is 14. The SMILES string of the molecule is CCN(CC)c1ccc2c(-c3ccc(SSc4ccc(-c5c6ccc(N(CC)CC)cc6[o+]c6cc(N(CC)CC)ccc56)c(S(=O)(=O)O)c4S(=O)(=O)N4CC4)c(S(=O)(=O)N4CC4)c3S(=O)(=O)O)c3ccc(N(CC)CC)cc3[o+]c2c1. The molecule has 434 valence electrons. The third kappa shape index (κ3) is 10.9. The second-order valence-electron chi connectivity index (χ2n) is 19.8. The summed E-state index contributed by atoms with van der Waals surface area (Å²) in [5.74, 6) is 0. The predicted octanol–water partition coefficient (Wildman–Crippen LogP) is 12.1. The highest BCUT2D eigenvalue weighted by atomic mass is 33.1. The van der Waals surface area contributed by atoms with E-state index in [-0.39, 0.29) is 58.2 Å². The van der Waals surface area contributed by atoms with Crippen LogP contribution in [0.25, 0.3) is 66.1 Å². The van der Waals surface area contributed by atoms with Crippen LogP contribution in [0.1, 0.15) is 55.4 Å². The van der Waals surface area contributed by atoms with Gasteiger partial charge in [0.15, 0.2) is 0 Å². The number of sulfonamides is 2. The van der Waals surface area contributed by atoms with Crippen LogP contribution in [0.4, 0.5) is 22.7 Å². The maximum Gasteiger partial charge on any atom is 0.363 e. The van der Waals surface area contributed by atoms with E-state index in [0.29, 0.717) is 118 Å². The summed E-state index contributed by atoms with van der Waals surface area (Å²) in [6.45, 7) is 21.8. The number of anilines is 4. The standard InChI is InChI=1S/C58H64N6O12S6/c1-9-59(10-2)37-17-21-41-47(33-37)75-48-34-38(60(11-3)12-4)18-22-42(48)53(41)45-25-27-51(57(55(45)81(69,70)71)79(65,66)63-29-30-63)77-78-52-28-26-46(56(82(72,73)74)58(52)80(67,68)64-31-32-64)54-43-23-19-39(61(13-5)14-6)35-49(43)76-50-36-40(20-24-44(50)54)62(15-7)16-8/h17-28,33-36H,9-16,29-32H2,1-8H3/p+2. The molecule has 2 aromatic heterocycles. The van der Waals surface area contributed by atoms with Crippen molar-refractivity contribution in [1.82, 2.24) is 8.61 Å². The number of fused-ring (bicyclic) bond motifs is 4. The van der Waals surface area contributed by atoms with Gasteiger partial charge in [-0.05, 0) is 116 Å². The van der Waals surface area contributed by atoms with Crippen molar-refractivity contribution < 1.29 is 51.6 Å². The summed E-state index contributed by atoms with van der Waals surface area (Å²) in [6, 6.07) is 27.6. The first kappa shape index (κ1) is 59.4. The Labute approximate surface area is 487 Å².